The zero-order valence-electron chi connectivity index (χ0n) is 12.4. The van der Waals surface area contributed by atoms with Crippen molar-refractivity contribution in [3.05, 3.63) is 18.2 Å². The van der Waals surface area contributed by atoms with Crippen LogP contribution in [-0.4, -0.2) is 24.8 Å². The first kappa shape index (κ1) is 14.7. The Bertz CT molecular complexity index is 488. The fourth-order valence-electron chi connectivity index (χ4n) is 1.89. The molecule has 0 saturated heterocycles. The smallest absolute Gasteiger partial charge is 0.241 e. The standard InChI is InChI=1S/C15H22N2O3/c1-9(2)10(3)16-11(4)15(18)17-12-5-6-13-14(7-12)20-8-19-13/h5-7,9-11,16H,8H2,1-4H3,(H,17,18). The van der Waals surface area contributed by atoms with Crippen LogP contribution in [0.4, 0.5) is 5.69 Å². The van der Waals surface area contributed by atoms with Gasteiger partial charge in [-0.25, -0.2) is 0 Å². The van der Waals surface area contributed by atoms with Crippen LogP contribution in [0.1, 0.15) is 27.7 Å². The molecular formula is C15H22N2O3. The molecule has 0 aliphatic carbocycles. The molecule has 0 bridgehead atoms. The molecular weight excluding hydrogens is 256 g/mol. The van der Waals surface area contributed by atoms with Gasteiger partial charge in [0.2, 0.25) is 12.7 Å². The van der Waals surface area contributed by atoms with E-state index in [1.54, 1.807) is 12.1 Å². The molecule has 2 rings (SSSR count). The van der Waals surface area contributed by atoms with Crippen molar-refractivity contribution in [3.8, 4) is 11.5 Å². The molecule has 1 amide bonds. The Hall–Kier alpha value is -1.75. The van der Waals surface area contributed by atoms with Crippen molar-refractivity contribution in [1.29, 1.82) is 0 Å². The van der Waals surface area contributed by atoms with Crippen LogP contribution in [0.15, 0.2) is 18.2 Å². The molecule has 0 spiro atoms. The van der Waals surface area contributed by atoms with Gasteiger partial charge >= 0.3 is 0 Å². The number of carbonyl (C=O) groups is 1. The lowest BCUT2D eigenvalue weighted by molar-refractivity contribution is -0.118. The zero-order chi connectivity index (χ0) is 14.7. The van der Waals surface area contributed by atoms with Gasteiger partial charge in [-0.1, -0.05) is 13.8 Å². The minimum atomic E-state index is -0.252. The molecule has 20 heavy (non-hydrogen) atoms. The third-order valence-corrected chi connectivity index (χ3v) is 3.55. The van der Waals surface area contributed by atoms with E-state index in [2.05, 4.69) is 31.4 Å². The monoisotopic (exact) mass is 278 g/mol. The van der Waals surface area contributed by atoms with Crippen LogP contribution in [0, 0.1) is 5.92 Å². The molecule has 1 aromatic rings. The molecule has 1 aromatic carbocycles. The molecule has 1 aliphatic heterocycles. The molecule has 2 N–H and O–H groups in total. The Balaban J connectivity index is 1.94. The Labute approximate surface area is 119 Å². The third-order valence-electron chi connectivity index (χ3n) is 3.55. The van der Waals surface area contributed by atoms with Crippen molar-refractivity contribution in [1.82, 2.24) is 5.32 Å². The summed E-state index contributed by atoms with van der Waals surface area (Å²) in [4.78, 5) is 12.1. The van der Waals surface area contributed by atoms with Crippen LogP contribution in [0.25, 0.3) is 0 Å². The zero-order valence-corrected chi connectivity index (χ0v) is 12.4. The lowest BCUT2D eigenvalue weighted by Crippen LogP contribution is -2.44. The number of benzene rings is 1. The molecule has 0 radical (unpaired) electrons. The van der Waals surface area contributed by atoms with E-state index in [-0.39, 0.29) is 24.8 Å². The summed E-state index contributed by atoms with van der Waals surface area (Å²) in [6.07, 6.45) is 0. The molecule has 1 heterocycles. The lowest BCUT2D eigenvalue weighted by atomic mass is 10.1. The molecule has 110 valence electrons. The second-order valence-corrected chi connectivity index (χ2v) is 5.48. The van der Waals surface area contributed by atoms with Crippen molar-refractivity contribution >= 4 is 11.6 Å². The first-order chi connectivity index (χ1) is 9.47. The SMILES string of the molecule is CC(NC(C)C(C)C)C(=O)Nc1ccc2c(c1)OCO2. The van der Waals surface area contributed by atoms with E-state index in [4.69, 9.17) is 9.47 Å². The minimum Gasteiger partial charge on any atom is -0.454 e. The Morgan fingerprint density at radius 3 is 2.55 bits per heavy atom. The Morgan fingerprint density at radius 1 is 1.15 bits per heavy atom. The predicted octanol–water partition coefficient (Wildman–Crippen LogP) is 2.38. The summed E-state index contributed by atoms with van der Waals surface area (Å²) < 4.78 is 10.5. The van der Waals surface area contributed by atoms with Gasteiger partial charge in [0.15, 0.2) is 11.5 Å². The van der Waals surface area contributed by atoms with E-state index in [0.717, 1.165) is 0 Å². The highest BCUT2D eigenvalue weighted by Gasteiger charge is 2.18. The van der Waals surface area contributed by atoms with Crippen LogP contribution in [0.2, 0.25) is 0 Å². The van der Waals surface area contributed by atoms with Crippen molar-refractivity contribution in [2.45, 2.75) is 39.8 Å². The Kier molecular flexibility index (Phi) is 4.49. The van der Waals surface area contributed by atoms with Crippen LogP contribution in [0.3, 0.4) is 0 Å². The highest BCUT2D eigenvalue weighted by molar-refractivity contribution is 5.94. The summed E-state index contributed by atoms with van der Waals surface area (Å²) in [6, 6.07) is 5.42. The van der Waals surface area contributed by atoms with E-state index in [1.165, 1.54) is 0 Å². The number of carbonyl (C=O) groups excluding carboxylic acids is 1. The van der Waals surface area contributed by atoms with Gasteiger partial charge < -0.3 is 20.1 Å². The molecule has 5 nitrogen and oxygen atoms in total. The van der Waals surface area contributed by atoms with E-state index in [9.17, 15) is 4.79 Å². The van der Waals surface area contributed by atoms with Crippen LogP contribution >= 0.6 is 0 Å². The molecule has 0 fully saturated rings. The van der Waals surface area contributed by atoms with E-state index >= 15 is 0 Å². The lowest BCUT2D eigenvalue weighted by Gasteiger charge is -2.22. The molecule has 5 heteroatoms. The second-order valence-electron chi connectivity index (χ2n) is 5.48. The van der Waals surface area contributed by atoms with Gasteiger partial charge in [-0.15, -0.1) is 0 Å². The summed E-state index contributed by atoms with van der Waals surface area (Å²) in [5.74, 6) is 1.80. The van der Waals surface area contributed by atoms with Crippen LogP contribution in [-0.2, 0) is 4.79 Å². The fraction of sp³-hybridized carbons (Fsp3) is 0.533. The van der Waals surface area contributed by atoms with E-state index in [1.807, 2.05) is 13.0 Å². The maximum Gasteiger partial charge on any atom is 0.241 e. The number of hydrogen-bond donors (Lipinski definition) is 2. The highest BCUT2D eigenvalue weighted by Crippen LogP contribution is 2.34. The number of hydrogen-bond acceptors (Lipinski definition) is 4. The molecule has 0 saturated carbocycles. The van der Waals surface area contributed by atoms with Gasteiger partial charge in [-0.2, -0.15) is 0 Å². The molecule has 0 aromatic heterocycles. The number of rotatable bonds is 5. The van der Waals surface area contributed by atoms with Gasteiger partial charge in [0.05, 0.1) is 6.04 Å². The number of anilines is 1. The first-order valence-electron chi connectivity index (χ1n) is 6.94. The van der Waals surface area contributed by atoms with Crippen molar-refractivity contribution < 1.29 is 14.3 Å². The average Bonchev–Trinajstić information content (AvgIpc) is 2.85. The Morgan fingerprint density at radius 2 is 1.85 bits per heavy atom. The summed E-state index contributed by atoms with van der Waals surface area (Å²) in [6.45, 7) is 8.42. The quantitative estimate of drug-likeness (QED) is 0.868. The molecule has 2 atom stereocenters. The second kappa shape index (κ2) is 6.13. The van der Waals surface area contributed by atoms with Crippen molar-refractivity contribution in [3.63, 3.8) is 0 Å². The summed E-state index contributed by atoms with van der Waals surface area (Å²) >= 11 is 0. The number of amides is 1. The number of nitrogens with one attached hydrogen (secondary N) is 2. The molecule has 2 unspecified atom stereocenters. The van der Waals surface area contributed by atoms with Gasteiger partial charge in [0.25, 0.3) is 0 Å². The first-order valence-corrected chi connectivity index (χ1v) is 6.94. The summed E-state index contributed by atoms with van der Waals surface area (Å²) in [5.41, 5.74) is 0.713. The average molecular weight is 278 g/mol. The van der Waals surface area contributed by atoms with Crippen molar-refractivity contribution in [2.75, 3.05) is 12.1 Å². The van der Waals surface area contributed by atoms with Crippen LogP contribution < -0.4 is 20.1 Å². The fourth-order valence-corrected chi connectivity index (χ4v) is 1.89. The van der Waals surface area contributed by atoms with Crippen molar-refractivity contribution in [2.24, 2.45) is 5.92 Å². The predicted molar refractivity (Wildman–Crippen MR) is 78.1 cm³/mol. The number of fused-ring (bicyclic) bond motifs is 1. The summed E-state index contributed by atoms with van der Waals surface area (Å²) in [5, 5.41) is 6.16. The van der Waals surface area contributed by atoms with Gasteiger partial charge in [-0.05, 0) is 31.9 Å². The minimum absolute atomic E-state index is 0.0589. The maximum absolute atomic E-state index is 12.1. The van der Waals surface area contributed by atoms with E-state index < -0.39 is 0 Å². The highest BCUT2D eigenvalue weighted by atomic mass is 16.7. The van der Waals surface area contributed by atoms with E-state index in [0.29, 0.717) is 23.1 Å². The summed E-state index contributed by atoms with van der Waals surface area (Å²) in [7, 11) is 0. The largest absolute Gasteiger partial charge is 0.454 e. The number of ether oxygens (including phenoxy) is 2. The van der Waals surface area contributed by atoms with Gasteiger partial charge in [-0.3, -0.25) is 4.79 Å². The normalized spacial score (nSPS) is 16.1. The van der Waals surface area contributed by atoms with Gasteiger partial charge in [0, 0.05) is 17.8 Å². The van der Waals surface area contributed by atoms with Crippen LogP contribution in [0.5, 0.6) is 11.5 Å². The topological polar surface area (TPSA) is 59.6 Å². The van der Waals surface area contributed by atoms with Gasteiger partial charge in [0.1, 0.15) is 0 Å². The third kappa shape index (κ3) is 3.42. The molecule has 1 aliphatic rings. The maximum atomic E-state index is 12.1.